The van der Waals surface area contributed by atoms with Crippen molar-refractivity contribution in [1.29, 1.82) is 0 Å². The second-order valence-electron chi connectivity index (χ2n) is 6.48. The summed E-state index contributed by atoms with van der Waals surface area (Å²) in [5.74, 6) is 1.29. The third-order valence-electron chi connectivity index (χ3n) is 5.07. The molecule has 2 fully saturated rings. The van der Waals surface area contributed by atoms with Gasteiger partial charge in [0.05, 0.1) is 4.90 Å². The van der Waals surface area contributed by atoms with E-state index in [1.807, 2.05) is 6.92 Å². The Bertz CT molecular complexity index is 627. The van der Waals surface area contributed by atoms with E-state index in [1.165, 1.54) is 25.7 Å². The summed E-state index contributed by atoms with van der Waals surface area (Å²) < 4.78 is 27.5. The molecule has 21 heavy (non-hydrogen) atoms. The number of sulfonamides is 1. The fourth-order valence-corrected chi connectivity index (χ4v) is 5.60. The molecule has 0 aromatic heterocycles. The lowest BCUT2D eigenvalue weighted by Crippen LogP contribution is -2.44. The molecule has 2 unspecified atom stereocenters. The number of nitrogens with zero attached hydrogens (tertiary/aromatic N) is 1. The van der Waals surface area contributed by atoms with Gasteiger partial charge in [-0.25, -0.2) is 8.42 Å². The largest absolute Gasteiger partial charge is 0.399 e. The molecule has 1 aliphatic carbocycles. The highest BCUT2D eigenvalue weighted by atomic mass is 32.2. The summed E-state index contributed by atoms with van der Waals surface area (Å²) in [4.78, 5) is 0.408. The molecule has 2 aliphatic rings. The van der Waals surface area contributed by atoms with Crippen LogP contribution in [-0.4, -0.2) is 25.8 Å². The molecule has 0 spiro atoms. The zero-order chi connectivity index (χ0) is 15.0. The molecule has 3 rings (SSSR count). The monoisotopic (exact) mass is 308 g/mol. The Hall–Kier alpha value is -1.07. The van der Waals surface area contributed by atoms with Crippen LogP contribution in [0.5, 0.6) is 0 Å². The highest BCUT2D eigenvalue weighted by molar-refractivity contribution is 7.89. The lowest BCUT2D eigenvalue weighted by molar-refractivity contribution is 0.136. The average molecular weight is 308 g/mol. The number of hydrogen-bond donors (Lipinski definition) is 1. The van der Waals surface area contributed by atoms with Crippen LogP contribution in [0.4, 0.5) is 5.69 Å². The van der Waals surface area contributed by atoms with Gasteiger partial charge in [-0.05, 0) is 55.4 Å². The van der Waals surface area contributed by atoms with Gasteiger partial charge in [-0.15, -0.1) is 0 Å². The maximum absolute atomic E-state index is 12.9. The molecular formula is C16H24N2O2S. The summed E-state index contributed by atoms with van der Waals surface area (Å²) in [6.45, 7) is 3.17. The van der Waals surface area contributed by atoms with Gasteiger partial charge in [0.25, 0.3) is 0 Å². The minimum Gasteiger partial charge on any atom is -0.399 e. The number of hydrogen-bond acceptors (Lipinski definition) is 3. The smallest absolute Gasteiger partial charge is 0.243 e. The van der Waals surface area contributed by atoms with Crippen molar-refractivity contribution in [2.24, 2.45) is 11.8 Å². The Labute approximate surface area is 127 Å². The van der Waals surface area contributed by atoms with Crippen molar-refractivity contribution in [1.82, 2.24) is 4.31 Å². The summed E-state index contributed by atoms with van der Waals surface area (Å²) in [7, 11) is -3.38. The van der Waals surface area contributed by atoms with E-state index in [9.17, 15) is 8.42 Å². The van der Waals surface area contributed by atoms with Gasteiger partial charge in [-0.3, -0.25) is 0 Å². The number of nitrogen functional groups attached to an aromatic ring is 1. The predicted octanol–water partition coefficient (Wildman–Crippen LogP) is 2.78. The first-order chi connectivity index (χ1) is 9.98. The van der Waals surface area contributed by atoms with Crippen LogP contribution in [0.1, 0.15) is 37.7 Å². The lowest BCUT2D eigenvalue weighted by Gasteiger charge is -2.40. The summed E-state index contributed by atoms with van der Waals surface area (Å²) in [6.07, 6.45) is 6.02. The van der Waals surface area contributed by atoms with E-state index < -0.39 is 10.0 Å². The molecular weight excluding hydrogens is 284 g/mol. The molecule has 0 amide bonds. The Morgan fingerprint density at radius 2 is 1.86 bits per heavy atom. The van der Waals surface area contributed by atoms with Gasteiger partial charge in [0.2, 0.25) is 10.0 Å². The molecule has 4 nitrogen and oxygen atoms in total. The molecule has 0 bridgehead atoms. The number of fused-ring (bicyclic) bond motifs is 1. The minimum absolute atomic E-state index is 0.408. The number of benzene rings is 1. The molecule has 0 radical (unpaired) electrons. The van der Waals surface area contributed by atoms with Crippen LogP contribution in [0.25, 0.3) is 0 Å². The van der Waals surface area contributed by atoms with Gasteiger partial charge in [0.1, 0.15) is 0 Å². The number of aryl methyl sites for hydroxylation is 1. The summed E-state index contributed by atoms with van der Waals surface area (Å²) in [5.41, 5.74) is 7.07. The maximum atomic E-state index is 12.9. The van der Waals surface area contributed by atoms with Crippen molar-refractivity contribution < 1.29 is 8.42 Å². The second-order valence-corrected chi connectivity index (χ2v) is 8.39. The third kappa shape index (κ3) is 2.81. The van der Waals surface area contributed by atoms with E-state index in [1.54, 1.807) is 22.5 Å². The van der Waals surface area contributed by atoms with Crippen molar-refractivity contribution in [3.63, 3.8) is 0 Å². The van der Waals surface area contributed by atoms with Crippen LogP contribution >= 0.6 is 0 Å². The molecule has 2 atom stereocenters. The normalized spacial score (nSPS) is 27.3. The molecule has 1 saturated heterocycles. The van der Waals surface area contributed by atoms with Gasteiger partial charge in [0, 0.05) is 18.8 Å². The molecule has 1 aromatic carbocycles. The fourth-order valence-electron chi connectivity index (χ4n) is 3.89. The lowest BCUT2D eigenvalue weighted by atomic mass is 9.76. The van der Waals surface area contributed by atoms with Crippen LogP contribution in [0.2, 0.25) is 0 Å². The van der Waals surface area contributed by atoms with Crippen molar-refractivity contribution in [3.05, 3.63) is 23.8 Å². The highest BCUT2D eigenvalue weighted by Gasteiger charge is 2.36. The van der Waals surface area contributed by atoms with E-state index >= 15 is 0 Å². The highest BCUT2D eigenvalue weighted by Crippen LogP contribution is 2.38. The number of nitrogens with two attached hydrogens (primary N) is 1. The Balaban J connectivity index is 1.85. The van der Waals surface area contributed by atoms with Crippen LogP contribution in [0.3, 0.4) is 0 Å². The summed E-state index contributed by atoms with van der Waals surface area (Å²) in [5, 5.41) is 0. The third-order valence-corrected chi connectivity index (χ3v) is 7.10. The van der Waals surface area contributed by atoms with Crippen LogP contribution in [0, 0.1) is 18.8 Å². The van der Waals surface area contributed by atoms with Gasteiger partial charge < -0.3 is 5.73 Å². The number of rotatable bonds is 2. The standard InChI is InChI=1S/C16H24N2O2S/c1-12-10-15(17)6-7-16(12)21(19,20)18-9-8-13-4-2-3-5-14(13)11-18/h6-7,10,13-14H,2-5,8-9,11,17H2,1H3. The second kappa shape index (κ2) is 5.61. The fraction of sp³-hybridized carbons (Fsp3) is 0.625. The number of piperidine rings is 1. The Morgan fingerprint density at radius 3 is 2.57 bits per heavy atom. The van der Waals surface area contributed by atoms with Crippen LogP contribution in [0.15, 0.2) is 23.1 Å². The quantitative estimate of drug-likeness (QED) is 0.855. The Kier molecular flexibility index (Phi) is 3.97. The molecule has 2 N–H and O–H groups in total. The molecule has 1 aliphatic heterocycles. The van der Waals surface area contributed by atoms with Crippen molar-refractivity contribution >= 4 is 15.7 Å². The predicted molar refractivity (Wildman–Crippen MR) is 84.4 cm³/mol. The molecule has 1 heterocycles. The maximum Gasteiger partial charge on any atom is 0.243 e. The molecule has 5 heteroatoms. The van der Waals surface area contributed by atoms with Crippen molar-refractivity contribution in [2.75, 3.05) is 18.8 Å². The van der Waals surface area contributed by atoms with Gasteiger partial charge in [-0.1, -0.05) is 19.3 Å². The van der Waals surface area contributed by atoms with E-state index in [0.717, 1.165) is 17.9 Å². The van der Waals surface area contributed by atoms with E-state index in [2.05, 4.69) is 0 Å². The van der Waals surface area contributed by atoms with Crippen LogP contribution < -0.4 is 5.73 Å². The first-order valence-electron chi connectivity index (χ1n) is 7.85. The van der Waals surface area contributed by atoms with Crippen LogP contribution in [-0.2, 0) is 10.0 Å². The minimum atomic E-state index is -3.38. The summed E-state index contributed by atoms with van der Waals surface area (Å²) in [6, 6.07) is 5.06. The first kappa shape index (κ1) is 14.9. The van der Waals surface area contributed by atoms with E-state index in [-0.39, 0.29) is 0 Å². The SMILES string of the molecule is Cc1cc(N)ccc1S(=O)(=O)N1CCC2CCCCC2C1. The van der Waals surface area contributed by atoms with Gasteiger partial charge in [0.15, 0.2) is 0 Å². The van der Waals surface area contributed by atoms with E-state index in [0.29, 0.717) is 29.6 Å². The molecule has 1 aromatic rings. The van der Waals surface area contributed by atoms with Crippen molar-refractivity contribution in [2.45, 2.75) is 43.9 Å². The Morgan fingerprint density at radius 1 is 1.14 bits per heavy atom. The topological polar surface area (TPSA) is 63.4 Å². The molecule has 1 saturated carbocycles. The van der Waals surface area contributed by atoms with Gasteiger partial charge >= 0.3 is 0 Å². The molecule has 116 valence electrons. The van der Waals surface area contributed by atoms with Crippen molar-refractivity contribution in [3.8, 4) is 0 Å². The zero-order valence-electron chi connectivity index (χ0n) is 12.6. The number of anilines is 1. The zero-order valence-corrected chi connectivity index (χ0v) is 13.4. The van der Waals surface area contributed by atoms with E-state index in [4.69, 9.17) is 5.73 Å². The average Bonchev–Trinajstić information content (AvgIpc) is 2.46. The first-order valence-corrected chi connectivity index (χ1v) is 9.29. The summed E-state index contributed by atoms with van der Waals surface area (Å²) >= 11 is 0. The van der Waals surface area contributed by atoms with Gasteiger partial charge in [-0.2, -0.15) is 4.31 Å².